The number of hydrogen-bond acceptors (Lipinski definition) is 5. The number of aromatic nitrogens is 3. The Bertz CT molecular complexity index is 471. The summed E-state index contributed by atoms with van der Waals surface area (Å²) in [6.45, 7) is 5.39. The van der Waals surface area contributed by atoms with E-state index < -0.39 is 15.3 Å². The number of rotatable bonds is 9. The van der Waals surface area contributed by atoms with Crippen LogP contribution in [0.2, 0.25) is 0 Å². The number of nitrogens with one attached hydrogen (secondary N) is 2. The van der Waals surface area contributed by atoms with E-state index in [2.05, 4.69) is 20.2 Å². The SMILES string of the molecule is CCCNCC(C)S(=O)(=O)NCCc1nncn1C. The molecular formula is C11H23N5O2S. The average molecular weight is 289 g/mol. The van der Waals surface area contributed by atoms with Crippen LogP contribution in [-0.2, 0) is 23.5 Å². The molecule has 19 heavy (non-hydrogen) atoms. The van der Waals surface area contributed by atoms with Crippen molar-refractivity contribution in [3.63, 3.8) is 0 Å². The highest BCUT2D eigenvalue weighted by Gasteiger charge is 2.19. The summed E-state index contributed by atoms with van der Waals surface area (Å²) in [7, 11) is -1.44. The van der Waals surface area contributed by atoms with Gasteiger partial charge in [-0.05, 0) is 19.9 Å². The van der Waals surface area contributed by atoms with Gasteiger partial charge >= 0.3 is 0 Å². The molecule has 0 bridgehead atoms. The second-order valence-electron chi connectivity index (χ2n) is 4.56. The third-order valence-corrected chi connectivity index (χ3v) is 4.68. The van der Waals surface area contributed by atoms with E-state index in [1.54, 1.807) is 17.8 Å². The van der Waals surface area contributed by atoms with E-state index in [1.807, 2.05) is 14.0 Å². The molecule has 0 saturated heterocycles. The number of hydrogen-bond donors (Lipinski definition) is 2. The van der Waals surface area contributed by atoms with Crippen molar-refractivity contribution >= 4 is 10.0 Å². The molecule has 0 aromatic carbocycles. The topological polar surface area (TPSA) is 88.9 Å². The summed E-state index contributed by atoms with van der Waals surface area (Å²) in [6.07, 6.45) is 3.12. The van der Waals surface area contributed by atoms with Crippen molar-refractivity contribution < 1.29 is 8.42 Å². The molecule has 8 heteroatoms. The average Bonchev–Trinajstić information content (AvgIpc) is 2.75. The molecule has 0 spiro atoms. The molecule has 0 amide bonds. The summed E-state index contributed by atoms with van der Waals surface area (Å²) in [6, 6.07) is 0. The van der Waals surface area contributed by atoms with Crippen LogP contribution in [-0.4, -0.2) is 48.1 Å². The van der Waals surface area contributed by atoms with Crippen LogP contribution in [0.4, 0.5) is 0 Å². The molecule has 0 aliphatic carbocycles. The Hall–Kier alpha value is -0.990. The summed E-state index contributed by atoms with van der Waals surface area (Å²) in [5.41, 5.74) is 0. The highest BCUT2D eigenvalue weighted by Crippen LogP contribution is 1.98. The third-order valence-electron chi connectivity index (χ3n) is 2.85. The maximum absolute atomic E-state index is 11.9. The molecule has 110 valence electrons. The van der Waals surface area contributed by atoms with E-state index in [0.29, 0.717) is 19.5 Å². The van der Waals surface area contributed by atoms with Crippen LogP contribution in [0.1, 0.15) is 26.1 Å². The van der Waals surface area contributed by atoms with Gasteiger partial charge in [0.05, 0.1) is 5.25 Å². The van der Waals surface area contributed by atoms with E-state index in [4.69, 9.17) is 0 Å². The van der Waals surface area contributed by atoms with Crippen LogP contribution in [0, 0.1) is 0 Å². The lowest BCUT2D eigenvalue weighted by Gasteiger charge is -2.14. The largest absolute Gasteiger partial charge is 0.321 e. The van der Waals surface area contributed by atoms with Gasteiger partial charge in [0.25, 0.3) is 0 Å². The highest BCUT2D eigenvalue weighted by atomic mass is 32.2. The van der Waals surface area contributed by atoms with Crippen molar-refractivity contribution in [1.29, 1.82) is 0 Å². The fourth-order valence-electron chi connectivity index (χ4n) is 1.57. The van der Waals surface area contributed by atoms with Gasteiger partial charge in [-0.3, -0.25) is 0 Å². The molecule has 1 unspecified atom stereocenters. The fraction of sp³-hybridized carbons (Fsp3) is 0.818. The standard InChI is InChI=1S/C11H23N5O2S/c1-4-6-12-8-10(2)19(17,18)14-7-5-11-15-13-9-16(11)3/h9-10,12,14H,4-8H2,1-3H3. The predicted molar refractivity (Wildman–Crippen MR) is 74.3 cm³/mol. The molecule has 1 aromatic heterocycles. The minimum atomic E-state index is -3.28. The zero-order chi connectivity index (χ0) is 14.3. The van der Waals surface area contributed by atoms with Gasteiger partial charge in [-0.25, -0.2) is 13.1 Å². The monoisotopic (exact) mass is 289 g/mol. The first-order valence-corrected chi connectivity index (χ1v) is 8.04. The predicted octanol–water partition coefficient (Wildman–Crippen LogP) is -0.335. The van der Waals surface area contributed by atoms with Crippen LogP contribution in [0.3, 0.4) is 0 Å². The Kier molecular flexibility index (Phi) is 6.40. The van der Waals surface area contributed by atoms with Gasteiger partial charge in [0, 0.05) is 26.6 Å². The van der Waals surface area contributed by atoms with Crippen LogP contribution in [0.25, 0.3) is 0 Å². The summed E-state index contributed by atoms with van der Waals surface area (Å²) in [4.78, 5) is 0. The molecule has 7 nitrogen and oxygen atoms in total. The summed E-state index contributed by atoms with van der Waals surface area (Å²) < 4.78 is 28.3. The normalized spacial score (nSPS) is 13.6. The summed E-state index contributed by atoms with van der Waals surface area (Å²) in [5, 5.41) is 10.3. The number of aryl methyl sites for hydroxylation is 1. The molecule has 0 aliphatic heterocycles. The Morgan fingerprint density at radius 1 is 1.42 bits per heavy atom. The van der Waals surface area contributed by atoms with Crippen molar-refractivity contribution in [3.8, 4) is 0 Å². The van der Waals surface area contributed by atoms with Gasteiger partial charge in [0.1, 0.15) is 12.2 Å². The Morgan fingerprint density at radius 2 is 2.16 bits per heavy atom. The molecule has 0 saturated carbocycles. The molecule has 1 rings (SSSR count). The zero-order valence-corrected chi connectivity index (χ0v) is 12.6. The molecule has 1 atom stereocenters. The first kappa shape index (κ1) is 16.1. The molecule has 0 radical (unpaired) electrons. The van der Waals surface area contributed by atoms with Crippen LogP contribution in [0.5, 0.6) is 0 Å². The first-order valence-electron chi connectivity index (χ1n) is 6.49. The van der Waals surface area contributed by atoms with Crippen LogP contribution >= 0.6 is 0 Å². The smallest absolute Gasteiger partial charge is 0.215 e. The summed E-state index contributed by atoms with van der Waals surface area (Å²) in [5.74, 6) is 0.763. The highest BCUT2D eigenvalue weighted by molar-refractivity contribution is 7.90. The second kappa shape index (κ2) is 7.56. The van der Waals surface area contributed by atoms with Gasteiger partial charge in [0.15, 0.2) is 0 Å². The maximum atomic E-state index is 11.9. The van der Waals surface area contributed by atoms with E-state index in [1.165, 1.54) is 0 Å². The lowest BCUT2D eigenvalue weighted by atomic mass is 10.4. The quantitative estimate of drug-likeness (QED) is 0.607. The lowest BCUT2D eigenvalue weighted by molar-refractivity contribution is 0.556. The van der Waals surface area contributed by atoms with Gasteiger partial charge in [0.2, 0.25) is 10.0 Å². The van der Waals surface area contributed by atoms with Gasteiger partial charge in [-0.15, -0.1) is 10.2 Å². The van der Waals surface area contributed by atoms with Gasteiger partial charge in [-0.1, -0.05) is 6.92 Å². The van der Waals surface area contributed by atoms with Crippen molar-refractivity contribution in [1.82, 2.24) is 24.8 Å². The maximum Gasteiger partial charge on any atom is 0.215 e. The molecule has 1 aromatic rings. The van der Waals surface area contributed by atoms with Gasteiger partial charge < -0.3 is 9.88 Å². The summed E-state index contributed by atoms with van der Waals surface area (Å²) >= 11 is 0. The van der Waals surface area contributed by atoms with Crippen molar-refractivity contribution in [2.24, 2.45) is 7.05 Å². The second-order valence-corrected chi connectivity index (χ2v) is 6.75. The van der Waals surface area contributed by atoms with Crippen molar-refractivity contribution in [2.45, 2.75) is 31.9 Å². The van der Waals surface area contributed by atoms with Crippen LogP contribution in [0.15, 0.2) is 6.33 Å². The van der Waals surface area contributed by atoms with Crippen LogP contribution < -0.4 is 10.0 Å². The molecule has 2 N–H and O–H groups in total. The van der Waals surface area contributed by atoms with E-state index in [9.17, 15) is 8.42 Å². The molecular weight excluding hydrogens is 266 g/mol. The minimum absolute atomic E-state index is 0.340. The Balaban J connectivity index is 2.36. The van der Waals surface area contributed by atoms with Gasteiger partial charge in [-0.2, -0.15) is 0 Å². The van der Waals surface area contributed by atoms with Crippen molar-refractivity contribution in [3.05, 3.63) is 12.2 Å². The third kappa shape index (κ3) is 5.25. The number of nitrogens with zero attached hydrogens (tertiary/aromatic N) is 3. The van der Waals surface area contributed by atoms with E-state index in [-0.39, 0.29) is 0 Å². The Morgan fingerprint density at radius 3 is 2.74 bits per heavy atom. The number of sulfonamides is 1. The van der Waals surface area contributed by atoms with E-state index >= 15 is 0 Å². The van der Waals surface area contributed by atoms with Crippen molar-refractivity contribution in [2.75, 3.05) is 19.6 Å². The molecule has 1 heterocycles. The Labute approximate surface area is 114 Å². The minimum Gasteiger partial charge on any atom is -0.321 e. The molecule has 0 fully saturated rings. The fourth-order valence-corrected chi connectivity index (χ4v) is 2.58. The first-order chi connectivity index (χ1) is 8.97. The van der Waals surface area contributed by atoms with E-state index in [0.717, 1.165) is 18.8 Å². The zero-order valence-electron chi connectivity index (χ0n) is 11.8. The molecule has 0 aliphatic rings. The lowest BCUT2D eigenvalue weighted by Crippen LogP contribution is -2.40.